The molecule has 112 valence electrons. The first-order chi connectivity index (χ1) is 9.85. The van der Waals surface area contributed by atoms with Crippen LogP contribution in [0.4, 0.5) is 4.79 Å². The lowest BCUT2D eigenvalue weighted by Gasteiger charge is -2.19. The minimum Gasteiger partial charge on any atom is -0.506 e. The number of amides is 2. The van der Waals surface area contributed by atoms with Gasteiger partial charge < -0.3 is 5.11 Å². The molecule has 0 aliphatic carbocycles. The number of phenolic OH excluding ortho intramolecular Hbond substituents is 1. The predicted octanol–water partition coefficient (Wildman–Crippen LogP) is 4.64. The molecule has 0 unspecified atom stereocenters. The van der Waals surface area contributed by atoms with E-state index in [0.29, 0.717) is 21.5 Å². The standard InChI is InChI=1S/C14H13BrClNO3S/c1-3-7(2)17-13(19)11(21-14(17)20)5-8-4-9(16)6-10(15)12(8)18/h4-7,18H,3H2,1-2H3/b11-5+/t7-/m0/s1. The van der Waals surface area contributed by atoms with Crippen LogP contribution < -0.4 is 0 Å². The van der Waals surface area contributed by atoms with E-state index < -0.39 is 0 Å². The van der Waals surface area contributed by atoms with Gasteiger partial charge in [-0.3, -0.25) is 14.5 Å². The van der Waals surface area contributed by atoms with Crippen molar-refractivity contribution in [2.45, 2.75) is 26.3 Å². The summed E-state index contributed by atoms with van der Waals surface area (Å²) >= 11 is 9.99. The lowest BCUT2D eigenvalue weighted by atomic mass is 10.1. The summed E-state index contributed by atoms with van der Waals surface area (Å²) in [6, 6.07) is 2.95. The largest absolute Gasteiger partial charge is 0.506 e. The molecule has 2 amide bonds. The number of halogens is 2. The third kappa shape index (κ3) is 3.27. The summed E-state index contributed by atoms with van der Waals surface area (Å²) in [6.45, 7) is 3.74. The van der Waals surface area contributed by atoms with Crippen LogP contribution in [0.5, 0.6) is 5.75 Å². The molecule has 0 spiro atoms. The van der Waals surface area contributed by atoms with Crippen LogP contribution in [-0.4, -0.2) is 27.2 Å². The summed E-state index contributed by atoms with van der Waals surface area (Å²) in [5.41, 5.74) is 0.393. The molecule has 1 atom stereocenters. The maximum Gasteiger partial charge on any atom is 0.293 e. The van der Waals surface area contributed by atoms with Crippen LogP contribution in [0.15, 0.2) is 21.5 Å². The minimum absolute atomic E-state index is 0.0188. The van der Waals surface area contributed by atoms with Gasteiger partial charge in [-0.2, -0.15) is 0 Å². The van der Waals surface area contributed by atoms with Crippen molar-refractivity contribution < 1.29 is 14.7 Å². The van der Waals surface area contributed by atoms with E-state index >= 15 is 0 Å². The fraction of sp³-hybridized carbons (Fsp3) is 0.286. The van der Waals surface area contributed by atoms with E-state index in [1.165, 1.54) is 11.0 Å². The Morgan fingerprint density at radius 2 is 2.14 bits per heavy atom. The first kappa shape index (κ1) is 16.4. The van der Waals surface area contributed by atoms with Gasteiger partial charge in [-0.15, -0.1) is 0 Å². The van der Waals surface area contributed by atoms with Gasteiger partial charge in [0.05, 0.1) is 9.38 Å². The number of rotatable bonds is 3. The molecular formula is C14H13BrClNO3S. The van der Waals surface area contributed by atoms with E-state index in [0.717, 1.165) is 11.8 Å². The maximum atomic E-state index is 12.3. The van der Waals surface area contributed by atoms with Gasteiger partial charge in [0.25, 0.3) is 11.1 Å². The Hall–Kier alpha value is -0.980. The van der Waals surface area contributed by atoms with Crippen molar-refractivity contribution in [2.75, 3.05) is 0 Å². The first-order valence-corrected chi connectivity index (χ1v) is 8.29. The van der Waals surface area contributed by atoms with E-state index in [1.807, 2.05) is 13.8 Å². The molecule has 0 aromatic heterocycles. The number of hydrogen-bond donors (Lipinski definition) is 1. The average molecular weight is 391 g/mol. The van der Waals surface area contributed by atoms with E-state index in [-0.39, 0.29) is 27.8 Å². The van der Waals surface area contributed by atoms with Gasteiger partial charge in [0.15, 0.2) is 0 Å². The number of aromatic hydroxyl groups is 1. The third-order valence-electron chi connectivity index (χ3n) is 3.20. The Kier molecular flexibility index (Phi) is 5.01. The van der Waals surface area contributed by atoms with Crippen molar-refractivity contribution >= 4 is 56.5 Å². The SMILES string of the molecule is CC[C@H](C)N1C(=O)S/C(=C/c2cc(Cl)cc(Br)c2O)C1=O. The zero-order valence-corrected chi connectivity index (χ0v) is 14.6. The number of hydrogen-bond acceptors (Lipinski definition) is 4. The number of carbonyl (C=O) groups is 2. The number of nitrogens with zero attached hydrogens (tertiary/aromatic N) is 1. The molecule has 1 saturated heterocycles. The highest BCUT2D eigenvalue weighted by atomic mass is 79.9. The van der Waals surface area contributed by atoms with Crippen LogP contribution in [0.25, 0.3) is 6.08 Å². The zero-order chi connectivity index (χ0) is 15.7. The molecule has 1 aliphatic rings. The molecule has 7 heteroatoms. The highest BCUT2D eigenvalue weighted by Crippen LogP contribution is 2.38. The van der Waals surface area contributed by atoms with Crippen LogP contribution in [0, 0.1) is 0 Å². The van der Waals surface area contributed by atoms with Crippen molar-refractivity contribution in [1.82, 2.24) is 4.90 Å². The number of benzene rings is 1. The number of carbonyl (C=O) groups excluding carboxylic acids is 2. The van der Waals surface area contributed by atoms with Gasteiger partial charge in [-0.25, -0.2) is 0 Å². The van der Waals surface area contributed by atoms with Gasteiger partial charge in [-0.05, 0) is 59.2 Å². The van der Waals surface area contributed by atoms with Crippen molar-refractivity contribution in [3.63, 3.8) is 0 Å². The summed E-state index contributed by atoms with van der Waals surface area (Å²) in [7, 11) is 0. The number of imide groups is 1. The molecule has 1 heterocycles. The topological polar surface area (TPSA) is 57.6 Å². The van der Waals surface area contributed by atoms with Gasteiger partial charge in [0.1, 0.15) is 5.75 Å². The molecule has 0 radical (unpaired) electrons. The van der Waals surface area contributed by atoms with Crippen LogP contribution in [0.3, 0.4) is 0 Å². The Morgan fingerprint density at radius 3 is 2.76 bits per heavy atom. The third-order valence-corrected chi connectivity index (χ3v) is 4.91. The highest BCUT2D eigenvalue weighted by molar-refractivity contribution is 9.10. The molecule has 21 heavy (non-hydrogen) atoms. The highest BCUT2D eigenvalue weighted by Gasteiger charge is 2.37. The molecule has 0 bridgehead atoms. The summed E-state index contributed by atoms with van der Waals surface area (Å²) < 4.78 is 0.433. The van der Waals surface area contributed by atoms with E-state index in [1.54, 1.807) is 12.1 Å². The second kappa shape index (κ2) is 6.42. The van der Waals surface area contributed by atoms with Crippen LogP contribution in [-0.2, 0) is 4.79 Å². The molecule has 1 aliphatic heterocycles. The Morgan fingerprint density at radius 1 is 1.48 bits per heavy atom. The predicted molar refractivity (Wildman–Crippen MR) is 88.4 cm³/mol. The van der Waals surface area contributed by atoms with E-state index in [9.17, 15) is 14.7 Å². The lowest BCUT2D eigenvalue weighted by Crippen LogP contribution is -2.36. The zero-order valence-electron chi connectivity index (χ0n) is 11.4. The summed E-state index contributed by atoms with van der Waals surface area (Å²) in [4.78, 5) is 25.8. The summed E-state index contributed by atoms with van der Waals surface area (Å²) in [5, 5.41) is 10.1. The van der Waals surface area contributed by atoms with Gasteiger partial charge in [0, 0.05) is 16.6 Å². The molecule has 1 fully saturated rings. The number of thioether (sulfide) groups is 1. The summed E-state index contributed by atoms with van der Waals surface area (Å²) in [5.74, 6) is -0.357. The average Bonchev–Trinajstić information content (AvgIpc) is 2.69. The lowest BCUT2D eigenvalue weighted by molar-refractivity contribution is -0.124. The molecular weight excluding hydrogens is 378 g/mol. The monoisotopic (exact) mass is 389 g/mol. The normalized spacial score (nSPS) is 18.7. The van der Waals surface area contributed by atoms with Crippen LogP contribution >= 0.6 is 39.3 Å². The summed E-state index contributed by atoms with van der Waals surface area (Å²) in [6.07, 6.45) is 2.18. The molecule has 1 aromatic rings. The molecule has 4 nitrogen and oxygen atoms in total. The van der Waals surface area contributed by atoms with E-state index in [2.05, 4.69) is 15.9 Å². The second-order valence-corrected chi connectivity index (χ2v) is 6.92. The quantitative estimate of drug-likeness (QED) is 0.764. The van der Waals surface area contributed by atoms with Crippen molar-refractivity contribution in [3.05, 3.63) is 32.1 Å². The van der Waals surface area contributed by atoms with E-state index in [4.69, 9.17) is 11.6 Å². The van der Waals surface area contributed by atoms with Crippen molar-refractivity contribution in [1.29, 1.82) is 0 Å². The fourth-order valence-corrected chi connectivity index (χ4v) is 3.63. The second-order valence-electron chi connectivity index (χ2n) is 4.63. The van der Waals surface area contributed by atoms with Crippen LogP contribution in [0.1, 0.15) is 25.8 Å². The van der Waals surface area contributed by atoms with Gasteiger partial charge in [-0.1, -0.05) is 18.5 Å². The number of phenols is 1. The van der Waals surface area contributed by atoms with Crippen LogP contribution in [0.2, 0.25) is 5.02 Å². The Bertz CT molecular complexity index is 647. The molecule has 2 rings (SSSR count). The minimum atomic E-state index is -0.338. The smallest absolute Gasteiger partial charge is 0.293 e. The molecule has 0 saturated carbocycles. The maximum absolute atomic E-state index is 12.3. The van der Waals surface area contributed by atoms with Gasteiger partial charge in [0.2, 0.25) is 0 Å². The molecule has 1 aromatic carbocycles. The Labute approximate surface area is 140 Å². The van der Waals surface area contributed by atoms with Crippen molar-refractivity contribution in [2.24, 2.45) is 0 Å². The molecule has 1 N–H and O–H groups in total. The first-order valence-electron chi connectivity index (χ1n) is 6.30. The van der Waals surface area contributed by atoms with Crippen molar-refractivity contribution in [3.8, 4) is 5.75 Å². The Balaban J connectivity index is 2.40. The van der Waals surface area contributed by atoms with Gasteiger partial charge >= 0.3 is 0 Å². The fourth-order valence-electron chi connectivity index (χ4n) is 1.88.